The number of hydrogen-bond donors (Lipinski definition) is 1. The van der Waals surface area contributed by atoms with Crippen LogP contribution in [0.15, 0.2) is 0 Å². The van der Waals surface area contributed by atoms with Crippen LogP contribution in [-0.2, 0) is 4.79 Å². The van der Waals surface area contributed by atoms with Crippen molar-refractivity contribution >= 4 is 5.97 Å². The molecule has 80 valence electrons. The quantitative estimate of drug-likeness (QED) is 0.753. The van der Waals surface area contributed by atoms with Gasteiger partial charge in [0.2, 0.25) is 0 Å². The van der Waals surface area contributed by atoms with Crippen molar-refractivity contribution in [3.63, 3.8) is 0 Å². The molecular formula is C12H20O2. The molecule has 2 nitrogen and oxygen atoms in total. The summed E-state index contributed by atoms with van der Waals surface area (Å²) >= 11 is 0. The zero-order valence-corrected chi connectivity index (χ0v) is 8.96. The molecule has 0 aliphatic heterocycles. The van der Waals surface area contributed by atoms with Gasteiger partial charge in [0.15, 0.2) is 0 Å². The van der Waals surface area contributed by atoms with Crippen molar-refractivity contribution in [3.05, 3.63) is 0 Å². The summed E-state index contributed by atoms with van der Waals surface area (Å²) in [6, 6.07) is 0. The van der Waals surface area contributed by atoms with Gasteiger partial charge < -0.3 is 5.11 Å². The SMILES string of the molecule is CC1(C2CCCCC2)CC1CC(=O)O. The maximum atomic E-state index is 10.6. The maximum Gasteiger partial charge on any atom is 0.303 e. The van der Waals surface area contributed by atoms with Crippen molar-refractivity contribution in [2.45, 2.75) is 51.9 Å². The predicted molar refractivity (Wildman–Crippen MR) is 55.0 cm³/mol. The van der Waals surface area contributed by atoms with Crippen LogP contribution in [0.25, 0.3) is 0 Å². The molecule has 0 aromatic carbocycles. The number of carbonyl (C=O) groups is 1. The zero-order chi connectivity index (χ0) is 10.2. The van der Waals surface area contributed by atoms with Gasteiger partial charge in [0, 0.05) is 6.42 Å². The van der Waals surface area contributed by atoms with Gasteiger partial charge in [0.1, 0.15) is 0 Å². The summed E-state index contributed by atoms with van der Waals surface area (Å²) in [5.41, 5.74) is 0.388. The Hall–Kier alpha value is -0.530. The summed E-state index contributed by atoms with van der Waals surface area (Å²) in [4.78, 5) is 10.6. The number of hydrogen-bond acceptors (Lipinski definition) is 1. The van der Waals surface area contributed by atoms with Crippen molar-refractivity contribution in [2.24, 2.45) is 17.3 Å². The van der Waals surface area contributed by atoms with E-state index in [2.05, 4.69) is 6.92 Å². The molecule has 0 heterocycles. The van der Waals surface area contributed by atoms with Crippen LogP contribution in [0.3, 0.4) is 0 Å². The highest BCUT2D eigenvalue weighted by molar-refractivity contribution is 5.67. The van der Waals surface area contributed by atoms with Crippen LogP contribution in [-0.4, -0.2) is 11.1 Å². The minimum absolute atomic E-state index is 0.388. The number of rotatable bonds is 3. The number of carboxylic acid groups (broad SMARTS) is 1. The molecule has 2 fully saturated rings. The highest BCUT2D eigenvalue weighted by atomic mass is 16.4. The fourth-order valence-corrected chi connectivity index (χ4v) is 3.25. The number of aliphatic carboxylic acids is 1. The van der Waals surface area contributed by atoms with Crippen LogP contribution in [0.5, 0.6) is 0 Å². The molecule has 1 N–H and O–H groups in total. The van der Waals surface area contributed by atoms with Crippen molar-refractivity contribution in [3.8, 4) is 0 Å². The third-order valence-corrected chi connectivity index (χ3v) is 4.42. The normalized spacial score (nSPS) is 38.2. The molecule has 2 unspecified atom stereocenters. The Bertz CT molecular complexity index is 230. The molecule has 0 spiro atoms. The molecule has 0 amide bonds. The standard InChI is InChI=1S/C12H20O2/c1-12(8-10(12)7-11(13)14)9-5-3-2-4-6-9/h9-10H,2-8H2,1H3,(H,13,14). The molecule has 14 heavy (non-hydrogen) atoms. The van der Waals surface area contributed by atoms with Crippen LogP contribution in [0.4, 0.5) is 0 Å². The van der Waals surface area contributed by atoms with Crippen LogP contribution >= 0.6 is 0 Å². The summed E-state index contributed by atoms with van der Waals surface area (Å²) in [6.07, 6.45) is 8.34. The largest absolute Gasteiger partial charge is 0.481 e. The fourth-order valence-electron chi connectivity index (χ4n) is 3.25. The van der Waals surface area contributed by atoms with Gasteiger partial charge in [0.05, 0.1) is 0 Å². The van der Waals surface area contributed by atoms with Gasteiger partial charge >= 0.3 is 5.97 Å². The second kappa shape index (κ2) is 3.56. The second-order valence-corrected chi connectivity index (χ2v) is 5.34. The lowest BCUT2D eigenvalue weighted by molar-refractivity contribution is -0.137. The van der Waals surface area contributed by atoms with Crippen molar-refractivity contribution in [1.29, 1.82) is 0 Å². The molecule has 0 radical (unpaired) electrons. The van der Waals surface area contributed by atoms with Crippen LogP contribution in [0, 0.1) is 17.3 Å². The van der Waals surface area contributed by atoms with Gasteiger partial charge in [-0.1, -0.05) is 26.2 Å². The van der Waals surface area contributed by atoms with Crippen LogP contribution in [0.1, 0.15) is 51.9 Å². The maximum absolute atomic E-state index is 10.6. The Morgan fingerprint density at radius 3 is 2.57 bits per heavy atom. The third kappa shape index (κ3) is 1.79. The first kappa shape index (κ1) is 10.0. The first-order chi connectivity index (χ1) is 6.63. The molecular weight excluding hydrogens is 176 g/mol. The lowest BCUT2D eigenvalue weighted by Crippen LogP contribution is -2.19. The van der Waals surface area contributed by atoms with Gasteiger partial charge in [-0.2, -0.15) is 0 Å². The smallest absolute Gasteiger partial charge is 0.303 e. The van der Waals surface area contributed by atoms with E-state index in [0.717, 1.165) is 12.3 Å². The summed E-state index contributed by atoms with van der Waals surface area (Å²) in [5.74, 6) is 0.679. The molecule has 2 heteroatoms. The van der Waals surface area contributed by atoms with Crippen LogP contribution in [0.2, 0.25) is 0 Å². The van der Waals surface area contributed by atoms with E-state index >= 15 is 0 Å². The molecule has 2 atom stereocenters. The van der Waals surface area contributed by atoms with Crippen LogP contribution < -0.4 is 0 Å². The Labute approximate surface area is 85.7 Å². The Balaban J connectivity index is 1.88. The fraction of sp³-hybridized carbons (Fsp3) is 0.917. The minimum Gasteiger partial charge on any atom is -0.481 e. The highest BCUT2D eigenvalue weighted by Gasteiger charge is 2.54. The lowest BCUT2D eigenvalue weighted by atomic mass is 9.77. The molecule has 0 saturated heterocycles. The summed E-state index contributed by atoms with van der Waals surface area (Å²) < 4.78 is 0. The van der Waals surface area contributed by atoms with Gasteiger partial charge in [-0.25, -0.2) is 0 Å². The third-order valence-electron chi connectivity index (χ3n) is 4.42. The van der Waals surface area contributed by atoms with E-state index in [9.17, 15) is 4.79 Å². The molecule has 0 bridgehead atoms. The minimum atomic E-state index is -0.616. The first-order valence-electron chi connectivity index (χ1n) is 5.85. The average molecular weight is 196 g/mol. The molecule has 2 saturated carbocycles. The molecule has 2 rings (SSSR count). The molecule has 2 aliphatic carbocycles. The summed E-state index contributed by atoms with van der Waals surface area (Å²) in [6.45, 7) is 2.30. The first-order valence-corrected chi connectivity index (χ1v) is 5.85. The topological polar surface area (TPSA) is 37.3 Å². The van der Waals surface area contributed by atoms with E-state index < -0.39 is 5.97 Å². The summed E-state index contributed by atoms with van der Waals surface area (Å²) in [5, 5.41) is 8.75. The van der Waals surface area contributed by atoms with E-state index in [0.29, 0.717) is 17.8 Å². The van der Waals surface area contributed by atoms with E-state index in [-0.39, 0.29) is 0 Å². The summed E-state index contributed by atoms with van der Waals surface area (Å²) in [7, 11) is 0. The molecule has 2 aliphatic rings. The number of carboxylic acids is 1. The highest BCUT2D eigenvalue weighted by Crippen LogP contribution is 2.62. The van der Waals surface area contributed by atoms with E-state index in [1.807, 2.05) is 0 Å². The van der Waals surface area contributed by atoms with Crippen molar-refractivity contribution in [2.75, 3.05) is 0 Å². The monoisotopic (exact) mass is 196 g/mol. The van der Waals surface area contributed by atoms with E-state index in [4.69, 9.17) is 5.11 Å². The Morgan fingerprint density at radius 2 is 2.00 bits per heavy atom. The Kier molecular flexibility index (Phi) is 2.54. The van der Waals surface area contributed by atoms with Crippen molar-refractivity contribution in [1.82, 2.24) is 0 Å². The van der Waals surface area contributed by atoms with Crippen molar-refractivity contribution < 1.29 is 9.90 Å². The Morgan fingerprint density at radius 1 is 1.36 bits per heavy atom. The average Bonchev–Trinajstić information content (AvgIpc) is 2.79. The molecule has 0 aromatic heterocycles. The van der Waals surface area contributed by atoms with Gasteiger partial charge in [-0.05, 0) is 36.5 Å². The van der Waals surface area contributed by atoms with Gasteiger partial charge in [-0.3, -0.25) is 4.79 Å². The van der Waals surface area contributed by atoms with E-state index in [1.54, 1.807) is 0 Å². The van der Waals surface area contributed by atoms with Gasteiger partial charge in [-0.15, -0.1) is 0 Å². The van der Waals surface area contributed by atoms with E-state index in [1.165, 1.54) is 32.1 Å². The lowest BCUT2D eigenvalue weighted by Gasteiger charge is -2.28. The van der Waals surface area contributed by atoms with Gasteiger partial charge in [0.25, 0.3) is 0 Å². The second-order valence-electron chi connectivity index (χ2n) is 5.34. The molecule has 0 aromatic rings. The zero-order valence-electron chi connectivity index (χ0n) is 8.96. The predicted octanol–water partition coefficient (Wildman–Crippen LogP) is 3.07.